The van der Waals surface area contributed by atoms with Gasteiger partial charge in [0.1, 0.15) is 0 Å². The highest BCUT2D eigenvalue weighted by Gasteiger charge is 2.46. The van der Waals surface area contributed by atoms with Gasteiger partial charge in [-0.25, -0.2) is 0 Å². The molecule has 1 aromatic carbocycles. The number of benzene rings is 1. The lowest BCUT2D eigenvalue weighted by Crippen LogP contribution is -2.48. The van der Waals surface area contributed by atoms with E-state index in [1.807, 2.05) is 32.3 Å². The quantitative estimate of drug-likeness (QED) is 0.721. The molecule has 1 aliphatic rings. The first-order valence-corrected chi connectivity index (χ1v) is 5.44. The Morgan fingerprint density at radius 1 is 1.20 bits per heavy atom. The standard InChI is InChI=1S/C13H17NO/c1-14(2)12(15)13(9-6-10-13)11-7-4-3-5-8-11/h3-5,7-8H,6,9-10H2,1-2H3. The summed E-state index contributed by atoms with van der Waals surface area (Å²) in [6.07, 6.45) is 3.15. The number of hydrogen-bond donors (Lipinski definition) is 0. The van der Waals surface area contributed by atoms with Crippen molar-refractivity contribution in [3.8, 4) is 0 Å². The smallest absolute Gasteiger partial charge is 0.232 e. The zero-order valence-corrected chi connectivity index (χ0v) is 9.36. The molecular formula is C13H17NO. The van der Waals surface area contributed by atoms with Crippen molar-refractivity contribution in [2.45, 2.75) is 24.7 Å². The van der Waals surface area contributed by atoms with Crippen molar-refractivity contribution < 1.29 is 4.79 Å². The second-order valence-corrected chi connectivity index (χ2v) is 4.50. The monoisotopic (exact) mass is 203 g/mol. The Morgan fingerprint density at radius 3 is 2.20 bits per heavy atom. The van der Waals surface area contributed by atoms with Crippen LogP contribution in [-0.4, -0.2) is 24.9 Å². The molecule has 1 aliphatic carbocycles. The second-order valence-electron chi connectivity index (χ2n) is 4.50. The number of amides is 1. The van der Waals surface area contributed by atoms with Gasteiger partial charge in [-0.1, -0.05) is 36.8 Å². The summed E-state index contributed by atoms with van der Waals surface area (Å²) in [5, 5.41) is 0. The Balaban J connectivity index is 2.34. The van der Waals surface area contributed by atoms with E-state index in [-0.39, 0.29) is 11.3 Å². The van der Waals surface area contributed by atoms with Crippen molar-refractivity contribution >= 4 is 5.91 Å². The lowest BCUT2D eigenvalue weighted by molar-refractivity contribution is -0.138. The Hall–Kier alpha value is -1.31. The van der Waals surface area contributed by atoms with Gasteiger partial charge in [-0.05, 0) is 18.4 Å². The van der Waals surface area contributed by atoms with Gasteiger partial charge in [-0.15, -0.1) is 0 Å². The van der Waals surface area contributed by atoms with Crippen LogP contribution in [0.5, 0.6) is 0 Å². The first kappa shape index (κ1) is 10.2. The van der Waals surface area contributed by atoms with Gasteiger partial charge in [0.2, 0.25) is 5.91 Å². The maximum absolute atomic E-state index is 12.2. The molecule has 0 N–H and O–H groups in total. The Labute approximate surface area is 90.9 Å². The molecule has 1 aromatic rings. The van der Waals surface area contributed by atoms with Crippen LogP contribution in [0.25, 0.3) is 0 Å². The molecule has 0 saturated heterocycles. The Kier molecular flexibility index (Phi) is 2.51. The molecule has 2 heteroatoms. The van der Waals surface area contributed by atoms with Crippen LogP contribution in [0.2, 0.25) is 0 Å². The first-order chi connectivity index (χ1) is 7.17. The molecule has 2 rings (SSSR count). The van der Waals surface area contributed by atoms with Crippen LogP contribution >= 0.6 is 0 Å². The van der Waals surface area contributed by atoms with Crippen molar-refractivity contribution in [3.05, 3.63) is 35.9 Å². The van der Waals surface area contributed by atoms with Crippen molar-refractivity contribution in [1.82, 2.24) is 4.90 Å². The number of carbonyl (C=O) groups excluding carboxylic acids is 1. The minimum atomic E-state index is -0.217. The molecule has 0 atom stereocenters. The first-order valence-electron chi connectivity index (χ1n) is 5.44. The number of carbonyl (C=O) groups is 1. The van der Waals surface area contributed by atoms with E-state index in [9.17, 15) is 4.79 Å². The molecule has 0 unspecified atom stereocenters. The minimum absolute atomic E-state index is 0.217. The maximum atomic E-state index is 12.2. The van der Waals surface area contributed by atoms with Gasteiger partial charge in [-0.3, -0.25) is 4.79 Å². The third kappa shape index (κ3) is 1.54. The Bertz CT molecular complexity index is 352. The number of likely N-dealkylation sites (N-methyl/N-ethyl adjacent to an activating group) is 1. The third-order valence-corrected chi connectivity index (χ3v) is 3.35. The summed E-state index contributed by atoms with van der Waals surface area (Å²) in [4.78, 5) is 13.9. The molecule has 1 saturated carbocycles. The van der Waals surface area contributed by atoms with Crippen molar-refractivity contribution in [1.29, 1.82) is 0 Å². The molecule has 2 nitrogen and oxygen atoms in total. The van der Waals surface area contributed by atoms with Gasteiger partial charge in [0.05, 0.1) is 5.41 Å². The van der Waals surface area contributed by atoms with Crippen LogP contribution in [-0.2, 0) is 10.2 Å². The van der Waals surface area contributed by atoms with Crippen molar-refractivity contribution in [2.24, 2.45) is 0 Å². The normalized spacial score (nSPS) is 18.0. The van der Waals surface area contributed by atoms with E-state index in [0.717, 1.165) is 19.3 Å². The minimum Gasteiger partial charge on any atom is -0.348 e. The fourth-order valence-electron chi connectivity index (χ4n) is 2.34. The summed E-state index contributed by atoms with van der Waals surface area (Å²) < 4.78 is 0. The fraction of sp³-hybridized carbons (Fsp3) is 0.462. The van der Waals surface area contributed by atoms with Gasteiger partial charge < -0.3 is 4.90 Å². The van der Waals surface area contributed by atoms with Crippen molar-refractivity contribution in [2.75, 3.05) is 14.1 Å². The second kappa shape index (κ2) is 3.69. The van der Waals surface area contributed by atoms with Crippen LogP contribution in [0.3, 0.4) is 0 Å². The number of nitrogens with zero attached hydrogens (tertiary/aromatic N) is 1. The van der Waals surface area contributed by atoms with Crippen LogP contribution in [0.15, 0.2) is 30.3 Å². The molecule has 0 radical (unpaired) electrons. The summed E-state index contributed by atoms with van der Waals surface area (Å²) in [7, 11) is 3.68. The molecule has 1 amide bonds. The fourth-order valence-corrected chi connectivity index (χ4v) is 2.34. The summed E-state index contributed by atoms with van der Waals surface area (Å²) in [5.41, 5.74) is 0.958. The molecular weight excluding hydrogens is 186 g/mol. The van der Waals surface area contributed by atoms with Crippen LogP contribution in [0, 0.1) is 0 Å². The highest BCUT2D eigenvalue weighted by molar-refractivity contribution is 5.88. The summed E-state index contributed by atoms with van der Waals surface area (Å²) in [5.74, 6) is 0.250. The molecule has 0 aliphatic heterocycles. The lowest BCUT2D eigenvalue weighted by Gasteiger charge is -2.42. The van der Waals surface area contributed by atoms with E-state index in [4.69, 9.17) is 0 Å². The molecule has 1 fully saturated rings. The lowest BCUT2D eigenvalue weighted by atomic mass is 9.63. The molecule has 0 heterocycles. The highest BCUT2D eigenvalue weighted by atomic mass is 16.2. The number of rotatable bonds is 2. The molecule has 80 valence electrons. The number of hydrogen-bond acceptors (Lipinski definition) is 1. The zero-order chi connectivity index (χ0) is 10.9. The van der Waals surface area contributed by atoms with Crippen LogP contribution < -0.4 is 0 Å². The average molecular weight is 203 g/mol. The predicted molar refractivity (Wildman–Crippen MR) is 60.7 cm³/mol. The largest absolute Gasteiger partial charge is 0.348 e. The van der Waals surface area contributed by atoms with Gasteiger partial charge in [0.15, 0.2) is 0 Å². The molecule has 15 heavy (non-hydrogen) atoms. The topological polar surface area (TPSA) is 20.3 Å². The predicted octanol–water partition coefficient (Wildman–Crippen LogP) is 2.20. The van der Waals surface area contributed by atoms with E-state index < -0.39 is 0 Å². The van der Waals surface area contributed by atoms with Crippen LogP contribution in [0.1, 0.15) is 24.8 Å². The summed E-state index contributed by atoms with van der Waals surface area (Å²) >= 11 is 0. The third-order valence-electron chi connectivity index (χ3n) is 3.35. The zero-order valence-electron chi connectivity index (χ0n) is 9.36. The highest BCUT2D eigenvalue weighted by Crippen LogP contribution is 2.44. The van der Waals surface area contributed by atoms with Gasteiger partial charge >= 0.3 is 0 Å². The van der Waals surface area contributed by atoms with Gasteiger partial charge in [0, 0.05) is 14.1 Å². The summed E-state index contributed by atoms with van der Waals surface area (Å²) in [6, 6.07) is 10.2. The molecule has 0 aromatic heterocycles. The summed E-state index contributed by atoms with van der Waals surface area (Å²) in [6.45, 7) is 0. The van der Waals surface area contributed by atoms with Gasteiger partial charge in [-0.2, -0.15) is 0 Å². The molecule has 0 bridgehead atoms. The van der Waals surface area contributed by atoms with Gasteiger partial charge in [0.25, 0.3) is 0 Å². The average Bonchev–Trinajstić information content (AvgIpc) is 2.17. The van der Waals surface area contributed by atoms with E-state index >= 15 is 0 Å². The van der Waals surface area contributed by atoms with Crippen molar-refractivity contribution in [3.63, 3.8) is 0 Å². The van der Waals surface area contributed by atoms with E-state index in [1.165, 1.54) is 5.56 Å². The van der Waals surface area contributed by atoms with Crippen LogP contribution in [0.4, 0.5) is 0 Å². The SMILES string of the molecule is CN(C)C(=O)C1(c2ccccc2)CCC1. The van der Waals surface area contributed by atoms with E-state index in [1.54, 1.807) is 4.90 Å². The van der Waals surface area contributed by atoms with E-state index in [0.29, 0.717) is 0 Å². The molecule has 0 spiro atoms. The van der Waals surface area contributed by atoms with E-state index in [2.05, 4.69) is 12.1 Å². The Morgan fingerprint density at radius 2 is 1.80 bits per heavy atom. The maximum Gasteiger partial charge on any atom is 0.232 e.